The first-order chi connectivity index (χ1) is 14.2. The van der Waals surface area contributed by atoms with Gasteiger partial charge in [-0.15, -0.1) is 11.3 Å². The molecule has 160 valence electrons. The summed E-state index contributed by atoms with van der Waals surface area (Å²) in [5.74, 6) is 1.21. The van der Waals surface area contributed by atoms with Gasteiger partial charge in [0.25, 0.3) is 10.0 Å². The van der Waals surface area contributed by atoms with Crippen LogP contribution in [0.3, 0.4) is 0 Å². The van der Waals surface area contributed by atoms with Crippen molar-refractivity contribution in [1.82, 2.24) is 4.90 Å². The van der Waals surface area contributed by atoms with Crippen LogP contribution in [0.5, 0.6) is 11.5 Å². The predicted molar refractivity (Wildman–Crippen MR) is 122 cm³/mol. The predicted octanol–water partition coefficient (Wildman–Crippen LogP) is 4.54. The number of hydrogen-bond donors (Lipinski definition) is 1. The zero-order chi connectivity index (χ0) is 21.6. The van der Waals surface area contributed by atoms with Crippen LogP contribution in [0.2, 0.25) is 5.02 Å². The molecule has 0 fully saturated rings. The molecule has 6 nitrogen and oxygen atoms in total. The Bertz CT molecular complexity index is 1220. The molecule has 4 rings (SSSR count). The Kier molecular flexibility index (Phi) is 5.61. The molecule has 0 bridgehead atoms. The molecule has 9 heteroatoms. The Morgan fingerprint density at radius 1 is 1.27 bits per heavy atom. The van der Waals surface area contributed by atoms with E-state index in [-0.39, 0.29) is 10.3 Å². The first-order valence-electron chi connectivity index (χ1n) is 9.42. The van der Waals surface area contributed by atoms with Gasteiger partial charge in [-0.1, -0.05) is 11.6 Å². The molecule has 30 heavy (non-hydrogen) atoms. The number of fused-ring (bicyclic) bond motifs is 2. The first-order valence-corrected chi connectivity index (χ1v) is 12.1. The minimum Gasteiger partial charge on any atom is -0.496 e. The van der Waals surface area contributed by atoms with Crippen LogP contribution in [0.4, 0.5) is 5.69 Å². The molecule has 0 spiro atoms. The summed E-state index contributed by atoms with van der Waals surface area (Å²) in [5.41, 5.74) is 1.96. The summed E-state index contributed by atoms with van der Waals surface area (Å²) in [6.07, 6.45) is 0.710. The van der Waals surface area contributed by atoms with Gasteiger partial charge in [-0.3, -0.25) is 4.72 Å². The van der Waals surface area contributed by atoms with Crippen LogP contribution in [0.25, 0.3) is 10.1 Å². The van der Waals surface area contributed by atoms with Crippen molar-refractivity contribution in [3.8, 4) is 11.5 Å². The molecular formula is C21H23ClN2O4S2. The van der Waals surface area contributed by atoms with Crippen LogP contribution in [0.15, 0.2) is 34.5 Å². The van der Waals surface area contributed by atoms with Crippen molar-refractivity contribution in [2.24, 2.45) is 0 Å². The molecule has 1 atom stereocenters. The lowest BCUT2D eigenvalue weighted by molar-refractivity contribution is 0.164. The molecule has 1 aliphatic rings. The molecule has 0 saturated heterocycles. The van der Waals surface area contributed by atoms with Crippen molar-refractivity contribution < 1.29 is 17.9 Å². The third kappa shape index (κ3) is 3.73. The largest absolute Gasteiger partial charge is 0.496 e. The number of thiophene rings is 1. The summed E-state index contributed by atoms with van der Waals surface area (Å²) >= 11 is 7.32. The van der Waals surface area contributed by atoms with Crippen LogP contribution >= 0.6 is 22.9 Å². The Hall–Kier alpha value is -2.00. The Balaban J connectivity index is 1.74. The zero-order valence-corrected chi connectivity index (χ0v) is 19.5. The lowest BCUT2D eigenvalue weighted by atomic mass is 10.00. The highest BCUT2D eigenvalue weighted by atomic mass is 35.5. The summed E-state index contributed by atoms with van der Waals surface area (Å²) in [6, 6.07) is 9.04. The van der Waals surface area contributed by atoms with E-state index in [0.717, 1.165) is 15.6 Å². The summed E-state index contributed by atoms with van der Waals surface area (Å²) in [6.45, 7) is 2.27. The second-order valence-corrected chi connectivity index (χ2v) is 10.9. The number of nitrogens with one attached hydrogen (secondary N) is 1. The van der Waals surface area contributed by atoms with Crippen molar-refractivity contribution in [2.75, 3.05) is 32.5 Å². The molecule has 1 aromatic heterocycles. The number of sulfonamides is 1. The van der Waals surface area contributed by atoms with Crippen LogP contribution in [0, 0.1) is 6.92 Å². The standard InChI is InChI=1S/C21H23ClN2O4S2/c1-12-15-9-13(22)5-8-19(15)29-21(12)30(25,26)23-17-6-7-18(27-4)16-10-14(24(2)3)11-28-20(16)17/h5-9,14,23H,10-11H2,1-4H3/t14-/m1/s1. The van der Waals surface area contributed by atoms with Crippen LogP contribution in [-0.4, -0.2) is 47.2 Å². The van der Waals surface area contributed by atoms with E-state index < -0.39 is 10.0 Å². The molecule has 0 unspecified atom stereocenters. The number of rotatable bonds is 5. The highest BCUT2D eigenvalue weighted by Crippen LogP contribution is 2.42. The third-order valence-electron chi connectivity index (χ3n) is 5.37. The smallest absolute Gasteiger partial charge is 0.271 e. The second-order valence-electron chi connectivity index (χ2n) is 7.52. The summed E-state index contributed by atoms with van der Waals surface area (Å²) in [7, 11) is 1.78. The van der Waals surface area contributed by atoms with E-state index in [0.29, 0.717) is 40.8 Å². The van der Waals surface area contributed by atoms with Gasteiger partial charge in [0.15, 0.2) is 0 Å². The van der Waals surface area contributed by atoms with Crippen LogP contribution in [-0.2, 0) is 16.4 Å². The molecular weight excluding hydrogens is 444 g/mol. The van der Waals surface area contributed by atoms with Gasteiger partial charge in [0, 0.05) is 21.3 Å². The average Bonchev–Trinajstić information content (AvgIpc) is 3.04. The summed E-state index contributed by atoms with van der Waals surface area (Å²) in [5, 5.41) is 1.42. The fraction of sp³-hybridized carbons (Fsp3) is 0.333. The summed E-state index contributed by atoms with van der Waals surface area (Å²) < 4.78 is 41.9. The highest BCUT2D eigenvalue weighted by molar-refractivity contribution is 7.95. The Morgan fingerprint density at radius 2 is 2.03 bits per heavy atom. The van der Waals surface area contributed by atoms with Gasteiger partial charge in [-0.05, 0) is 68.7 Å². The minimum absolute atomic E-state index is 0.188. The van der Waals surface area contributed by atoms with Crippen LogP contribution < -0.4 is 14.2 Å². The van der Waals surface area contributed by atoms with Crippen molar-refractivity contribution >= 4 is 48.7 Å². The summed E-state index contributed by atoms with van der Waals surface area (Å²) in [4.78, 5) is 2.09. The number of benzene rings is 2. The van der Waals surface area contributed by atoms with Gasteiger partial charge in [0.2, 0.25) is 0 Å². The van der Waals surface area contributed by atoms with Gasteiger partial charge in [-0.2, -0.15) is 0 Å². The maximum atomic E-state index is 13.3. The van der Waals surface area contributed by atoms with E-state index in [1.165, 1.54) is 11.3 Å². The second kappa shape index (κ2) is 7.92. The molecule has 1 aliphatic heterocycles. The first kappa shape index (κ1) is 21.2. The Morgan fingerprint density at radius 3 is 2.73 bits per heavy atom. The molecule has 2 heterocycles. The SMILES string of the molecule is COc1ccc(NS(=O)(=O)c2sc3ccc(Cl)cc3c2C)c2c1C[C@@H](N(C)C)CO2. The molecule has 3 aromatic rings. The van der Waals surface area contributed by atoms with Crippen LogP contribution in [0.1, 0.15) is 11.1 Å². The lowest BCUT2D eigenvalue weighted by Gasteiger charge is -2.32. The number of anilines is 1. The van der Waals surface area contributed by atoms with Crippen molar-refractivity contribution in [1.29, 1.82) is 0 Å². The normalized spacial score (nSPS) is 16.4. The van der Waals surface area contributed by atoms with Crippen molar-refractivity contribution in [2.45, 2.75) is 23.6 Å². The van der Waals surface area contributed by atoms with E-state index in [1.54, 1.807) is 38.3 Å². The minimum atomic E-state index is -3.81. The van der Waals surface area contributed by atoms with Gasteiger partial charge in [-0.25, -0.2) is 8.42 Å². The number of aryl methyl sites for hydroxylation is 1. The highest BCUT2D eigenvalue weighted by Gasteiger charge is 2.29. The fourth-order valence-corrected chi connectivity index (χ4v) is 6.65. The number of halogens is 1. The van der Waals surface area contributed by atoms with E-state index in [9.17, 15) is 8.42 Å². The molecule has 0 amide bonds. The zero-order valence-electron chi connectivity index (χ0n) is 17.2. The molecule has 0 radical (unpaired) electrons. The van der Waals surface area contributed by atoms with E-state index >= 15 is 0 Å². The van der Waals surface area contributed by atoms with E-state index in [4.69, 9.17) is 21.1 Å². The third-order valence-corrected chi connectivity index (χ3v) is 8.86. The molecule has 2 aromatic carbocycles. The van der Waals surface area contributed by atoms with Gasteiger partial charge in [0.1, 0.15) is 22.3 Å². The lowest BCUT2D eigenvalue weighted by Crippen LogP contribution is -2.38. The average molecular weight is 467 g/mol. The maximum absolute atomic E-state index is 13.3. The maximum Gasteiger partial charge on any atom is 0.271 e. The monoisotopic (exact) mass is 466 g/mol. The van der Waals surface area contributed by atoms with E-state index in [1.807, 2.05) is 20.2 Å². The topological polar surface area (TPSA) is 67.9 Å². The number of methoxy groups -OCH3 is 1. The quantitative estimate of drug-likeness (QED) is 0.598. The number of likely N-dealkylation sites (N-methyl/N-ethyl adjacent to an activating group) is 1. The van der Waals surface area contributed by atoms with Crippen molar-refractivity contribution in [3.63, 3.8) is 0 Å². The number of nitrogens with zero attached hydrogens (tertiary/aromatic N) is 1. The Labute approximate surface area is 185 Å². The van der Waals surface area contributed by atoms with E-state index in [2.05, 4.69) is 9.62 Å². The number of hydrogen-bond acceptors (Lipinski definition) is 6. The fourth-order valence-electron chi connectivity index (χ4n) is 3.66. The van der Waals surface area contributed by atoms with Gasteiger partial charge < -0.3 is 14.4 Å². The molecule has 1 N–H and O–H groups in total. The van der Waals surface area contributed by atoms with Crippen molar-refractivity contribution in [3.05, 3.63) is 46.5 Å². The molecule has 0 saturated carbocycles. The van der Waals surface area contributed by atoms with Gasteiger partial charge >= 0.3 is 0 Å². The van der Waals surface area contributed by atoms with Gasteiger partial charge in [0.05, 0.1) is 12.8 Å². The molecule has 0 aliphatic carbocycles. The number of ether oxygens (including phenoxy) is 2.